The molecule has 3 N–H and O–H groups in total. The Morgan fingerprint density at radius 3 is 2.62 bits per heavy atom. The van der Waals surface area contributed by atoms with Crippen molar-refractivity contribution in [1.29, 1.82) is 0 Å². The highest BCUT2D eigenvalue weighted by Crippen LogP contribution is 2.36. The molecule has 0 unspecified atom stereocenters. The molecule has 0 saturated heterocycles. The predicted molar refractivity (Wildman–Crippen MR) is 95.2 cm³/mol. The van der Waals surface area contributed by atoms with Crippen LogP contribution < -0.4 is 4.74 Å². The predicted octanol–water partition coefficient (Wildman–Crippen LogP) is 0.528. The molecule has 10 heteroatoms. The molecule has 0 amide bonds. The Hall–Kier alpha value is -1.88. The van der Waals surface area contributed by atoms with Crippen molar-refractivity contribution in [3.63, 3.8) is 0 Å². The maximum Gasteiger partial charge on any atom is 0.332 e. The van der Waals surface area contributed by atoms with Gasteiger partial charge >= 0.3 is 5.97 Å². The molecule has 1 aliphatic rings. The molecule has 1 aromatic heterocycles. The summed E-state index contributed by atoms with van der Waals surface area (Å²) >= 11 is 1.23. The molecule has 2 heterocycles. The molecule has 0 radical (unpaired) electrons. The van der Waals surface area contributed by atoms with Crippen molar-refractivity contribution >= 4 is 22.8 Å². The number of aromatic nitrogens is 1. The van der Waals surface area contributed by atoms with Crippen LogP contribution in [-0.2, 0) is 14.3 Å². The summed E-state index contributed by atoms with van der Waals surface area (Å²) in [6.07, 6.45) is 1.47. The van der Waals surface area contributed by atoms with Gasteiger partial charge in [0, 0.05) is 18.0 Å². The molecule has 9 nitrogen and oxygen atoms in total. The number of aromatic hydroxyl groups is 1. The number of hydrogen-bond donors (Lipinski definition) is 3. The molecular formula is C16H22N2O7S. The maximum atomic E-state index is 11.3. The third kappa shape index (κ3) is 5.31. The number of rotatable bonds is 11. The third-order valence-electron chi connectivity index (χ3n) is 3.48. The van der Waals surface area contributed by atoms with Crippen molar-refractivity contribution in [3.8, 4) is 11.5 Å². The van der Waals surface area contributed by atoms with E-state index < -0.39 is 11.5 Å². The monoisotopic (exact) mass is 386 g/mol. The Morgan fingerprint density at radius 1 is 1.27 bits per heavy atom. The first-order valence-electron chi connectivity index (χ1n) is 8.01. The SMILES string of the molecule is C[C@]1(C(=O)O)CSC(c2nccc(OCCOCCOCCO)c2O)=N1. The summed E-state index contributed by atoms with van der Waals surface area (Å²) in [6, 6.07) is 1.51. The molecule has 0 bridgehead atoms. The number of nitrogens with zero attached hydrogens (tertiary/aromatic N) is 2. The van der Waals surface area contributed by atoms with Crippen LogP contribution in [0.1, 0.15) is 12.6 Å². The van der Waals surface area contributed by atoms with Gasteiger partial charge in [0.1, 0.15) is 17.3 Å². The lowest BCUT2D eigenvalue weighted by Crippen LogP contribution is -2.33. The molecule has 0 fully saturated rings. The summed E-state index contributed by atoms with van der Waals surface area (Å²) in [6.45, 7) is 3.03. The summed E-state index contributed by atoms with van der Waals surface area (Å²) < 4.78 is 15.8. The van der Waals surface area contributed by atoms with Crippen LogP contribution >= 0.6 is 11.8 Å². The molecule has 0 aliphatic carbocycles. The second-order valence-corrected chi connectivity index (χ2v) is 6.55. The summed E-state index contributed by atoms with van der Waals surface area (Å²) in [5.41, 5.74) is -1.02. The lowest BCUT2D eigenvalue weighted by Gasteiger charge is -2.12. The maximum absolute atomic E-state index is 11.3. The van der Waals surface area contributed by atoms with Gasteiger partial charge in [0.05, 0.1) is 33.0 Å². The summed E-state index contributed by atoms with van der Waals surface area (Å²) in [5.74, 6) is -0.704. The lowest BCUT2D eigenvalue weighted by atomic mass is 10.1. The molecule has 144 valence electrons. The Kier molecular flexibility index (Phi) is 7.64. The van der Waals surface area contributed by atoms with E-state index in [1.807, 2.05) is 0 Å². The summed E-state index contributed by atoms with van der Waals surface area (Å²) in [4.78, 5) is 19.5. The molecule has 1 aromatic rings. The van der Waals surface area contributed by atoms with Crippen LogP contribution in [0.5, 0.6) is 11.5 Å². The minimum Gasteiger partial charge on any atom is -0.503 e. The van der Waals surface area contributed by atoms with Crippen molar-refractivity contribution < 1.29 is 34.3 Å². The van der Waals surface area contributed by atoms with Gasteiger partial charge in [-0.1, -0.05) is 0 Å². The third-order valence-corrected chi connectivity index (χ3v) is 4.75. The Bertz CT molecular complexity index is 655. The van der Waals surface area contributed by atoms with Gasteiger partial charge in [0.15, 0.2) is 17.0 Å². The number of pyridine rings is 1. The van der Waals surface area contributed by atoms with Crippen molar-refractivity contribution in [2.75, 3.05) is 45.4 Å². The number of thioether (sulfide) groups is 1. The number of hydrogen-bond acceptors (Lipinski definition) is 9. The molecule has 1 aliphatic heterocycles. The Morgan fingerprint density at radius 2 is 1.96 bits per heavy atom. The van der Waals surface area contributed by atoms with Crippen LogP contribution in [0.25, 0.3) is 0 Å². The fraction of sp³-hybridized carbons (Fsp3) is 0.562. The first-order chi connectivity index (χ1) is 12.5. The van der Waals surface area contributed by atoms with Crippen LogP contribution in [-0.4, -0.2) is 82.2 Å². The normalized spacial score (nSPS) is 19.4. The molecule has 1 atom stereocenters. The average molecular weight is 386 g/mol. The van der Waals surface area contributed by atoms with Crippen molar-refractivity contribution in [3.05, 3.63) is 18.0 Å². The van der Waals surface area contributed by atoms with Gasteiger partial charge in [-0.3, -0.25) is 4.99 Å². The minimum atomic E-state index is -1.23. The van der Waals surface area contributed by atoms with Crippen LogP contribution in [0.15, 0.2) is 17.3 Å². The van der Waals surface area contributed by atoms with E-state index in [9.17, 15) is 15.0 Å². The number of aliphatic hydroxyl groups is 1. The number of ether oxygens (including phenoxy) is 3. The van der Waals surface area contributed by atoms with E-state index in [0.717, 1.165) is 0 Å². The molecular weight excluding hydrogens is 364 g/mol. The van der Waals surface area contributed by atoms with Gasteiger partial charge in [0.2, 0.25) is 0 Å². The van der Waals surface area contributed by atoms with Gasteiger partial charge in [-0.15, -0.1) is 11.8 Å². The van der Waals surface area contributed by atoms with Gasteiger partial charge in [-0.05, 0) is 6.92 Å². The van der Waals surface area contributed by atoms with Crippen LogP contribution in [0.2, 0.25) is 0 Å². The fourth-order valence-corrected chi connectivity index (χ4v) is 3.19. The van der Waals surface area contributed by atoms with Gasteiger partial charge < -0.3 is 29.5 Å². The Balaban J connectivity index is 1.89. The highest BCUT2D eigenvalue weighted by atomic mass is 32.2. The van der Waals surface area contributed by atoms with E-state index >= 15 is 0 Å². The Labute approximate surface area is 155 Å². The number of aliphatic hydroxyl groups excluding tert-OH is 1. The van der Waals surface area contributed by atoms with Crippen LogP contribution in [0, 0.1) is 0 Å². The first-order valence-corrected chi connectivity index (χ1v) is 9.00. The number of carboxylic acid groups (broad SMARTS) is 1. The molecule has 0 aromatic carbocycles. The summed E-state index contributed by atoms with van der Waals surface area (Å²) in [7, 11) is 0. The highest BCUT2D eigenvalue weighted by Gasteiger charge is 2.39. The van der Waals surface area contributed by atoms with Crippen LogP contribution in [0.4, 0.5) is 0 Å². The summed E-state index contributed by atoms with van der Waals surface area (Å²) in [5, 5.41) is 28.5. The van der Waals surface area contributed by atoms with E-state index in [2.05, 4.69) is 9.98 Å². The van der Waals surface area contributed by atoms with Crippen LogP contribution in [0.3, 0.4) is 0 Å². The largest absolute Gasteiger partial charge is 0.503 e. The van der Waals surface area contributed by atoms with E-state index in [1.165, 1.54) is 30.9 Å². The van der Waals surface area contributed by atoms with Crippen molar-refractivity contribution in [1.82, 2.24) is 4.98 Å². The number of carboxylic acids is 1. The fourth-order valence-electron chi connectivity index (χ4n) is 2.03. The highest BCUT2D eigenvalue weighted by molar-refractivity contribution is 8.14. The van der Waals surface area contributed by atoms with Gasteiger partial charge in [-0.2, -0.15) is 0 Å². The van der Waals surface area contributed by atoms with E-state index in [4.69, 9.17) is 19.3 Å². The lowest BCUT2D eigenvalue weighted by molar-refractivity contribution is -0.141. The van der Waals surface area contributed by atoms with E-state index in [1.54, 1.807) is 0 Å². The average Bonchev–Trinajstić information content (AvgIpc) is 3.02. The van der Waals surface area contributed by atoms with E-state index in [-0.39, 0.29) is 42.8 Å². The second-order valence-electron chi connectivity index (χ2n) is 5.59. The standard InChI is InChI=1S/C16H22N2O7S/c1-16(15(21)22)10-26-14(18-16)12-13(20)11(2-3-17-12)25-9-8-24-7-6-23-5-4-19/h2-3,19-20H,4-10H2,1H3,(H,21,22)/t16-/m1/s1. The topological polar surface area (TPSA) is 131 Å². The molecule has 2 rings (SSSR count). The zero-order valence-electron chi connectivity index (χ0n) is 14.4. The van der Waals surface area contributed by atoms with Gasteiger partial charge in [0.25, 0.3) is 0 Å². The number of aliphatic imine (C=N–C) groups is 1. The zero-order chi connectivity index (χ0) is 19.0. The first kappa shape index (κ1) is 20.4. The molecule has 26 heavy (non-hydrogen) atoms. The van der Waals surface area contributed by atoms with Gasteiger partial charge in [-0.25, -0.2) is 9.78 Å². The van der Waals surface area contributed by atoms with Crippen molar-refractivity contribution in [2.24, 2.45) is 4.99 Å². The molecule has 0 saturated carbocycles. The number of carbonyl (C=O) groups is 1. The smallest absolute Gasteiger partial charge is 0.332 e. The number of aliphatic carboxylic acids is 1. The minimum absolute atomic E-state index is 0.0258. The zero-order valence-corrected chi connectivity index (χ0v) is 15.2. The molecule has 0 spiro atoms. The quantitative estimate of drug-likeness (QED) is 0.466. The van der Waals surface area contributed by atoms with E-state index in [0.29, 0.717) is 24.9 Å². The van der Waals surface area contributed by atoms with Crippen molar-refractivity contribution in [2.45, 2.75) is 12.5 Å². The second kappa shape index (κ2) is 9.72.